The van der Waals surface area contributed by atoms with E-state index in [9.17, 15) is 14.1 Å². The molecule has 0 bridgehead atoms. The number of urea groups is 1. The van der Waals surface area contributed by atoms with E-state index in [1.165, 1.54) is 0 Å². The number of aliphatic hydroxyl groups excluding tert-OH is 1. The Morgan fingerprint density at radius 3 is 2.32 bits per heavy atom. The van der Waals surface area contributed by atoms with E-state index in [0.717, 1.165) is 11.1 Å². The monoisotopic (exact) mass is 318 g/mol. The second-order valence-corrected chi connectivity index (χ2v) is 6.09. The van der Waals surface area contributed by atoms with Gasteiger partial charge in [-0.05, 0) is 35.4 Å². The number of anilines is 1. The summed E-state index contributed by atoms with van der Waals surface area (Å²) < 4.78 is 11.3. The van der Waals surface area contributed by atoms with Crippen LogP contribution in [0.1, 0.15) is 11.1 Å². The van der Waals surface area contributed by atoms with Gasteiger partial charge in [0.25, 0.3) is 0 Å². The maximum Gasteiger partial charge on any atom is 0.319 e. The van der Waals surface area contributed by atoms with Crippen molar-refractivity contribution in [2.45, 2.75) is 18.0 Å². The second-order valence-electron chi connectivity index (χ2n) is 4.71. The molecule has 5 nitrogen and oxygen atoms in total. The van der Waals surface area contributed by atoms with Gasteiger partial charge in [-0.15, -0.1) is 0 Å². The lowest BCUT2D eigenvalue weighted by molar-refractivity contribution is 0.251. The van der Waals surface area contributed by atoms with Gasteiger partial charge < -0.3 is 15.7 Å². The quantitative estimate of drug-likeness (QED) is 0.791. The molecule has 1 unspecified atom stereocenters. The van der Waals surface area contributed by atoms with Crippen molar-refractivity contribution in [1.29, 1.82) is 0 Å². The Kier molecular flexibility index (Phi) is 5.68. The predicted molar refractivity (Wildman–Crippen MR) is 87.0 cm³/mol. The van der Waals surface area contributed by atoms with Gasteiger partial charge in [-0.25, -0.2) is 4.79 Å². The maximum absolute atomic E-state index is 11.9. The number of carbonyl (C=O) groups is 1. The Morgan fingerprint density at radius 1 is 1.09 bits per heavy atom. The smallest absolute Gasteiger partial charge is 0.319 e. The van der Waals surface area contributed by atoms with Gasteiger partial charge in [0.15, 0.2) is 0 Å². The number of aliphatic hydroxyl groups is 1. The first-order valence-electron chi connectivity index (χ1n) is 6.76. The maximum atomic E-state index is 11.9. The molecule has 0 saturated carbocycles. The highest BCUT2D eigenvalue weighted by Crippen LogP contribution is 2.12. The molecule has 3 N–H and O–H groups in total. The molecule has 6 heteroatoms. The van der Waals surface area contributed by atoms with Crippen LogP contribution in [0.5, 0.6) is 0 Å². The van der Waals surface area contributed by atoms with Crippen molar-refractivity contribution >= 4 is 22.5 Å². The van der Waals surface area contributed by atoms with Crippen LogP contribution in [0.2, 0.25) is 0 Å². The van der Waals surface area contributed by atoms with E-state index in [1.54, 1.807) is 30.5 Å². The molecule has 2 aromatic rings. The van der Waals surface area contributed by atoms with Gasteiger partial charge in [0, 0.05) is 34.2 Å². The SMILES string of the molecule is CS(=O)c1ccc(NC(=O)NCc2ccccc2CO)cc1. The third-order valence-electron chi connectivity index (χ3n) is 3.17. The van der Waals surface area contributed by atoms with Crippen molar-refractivity contribution in [3.63, 3.8) is 0 Å². The fraction of sp³-hybridized carbons (Fsp3) is 0.188. The number of rotatable bonds is 5. The van der Waals surface area contributed by atoms with Crippen molar-refractivity contribution in [3.8, 4) is 0 Å². The van der Waals surface area contributed by atoms with Crippen LogP contribution in [0, 0.1) is 0 Å². The van der Waals surface area contributed by atoms with E-state index in [1.807, 2.05) is 24.3 Å². The predicted octanol–water partition coefficient (Wildman–Crippen LogP) is 2.24. The van der Waals surface area contributed by atoms with Crippen LogP contribution in [0.15, 0.2) is 53.4 Å². The first-order chi connectivity index (χ1) is 10.6. The normalized spacial score (nSPS) is 11.7. The van der Waals surface area contributed by atoms with Crippen molar-refractivity contribution in [1.82, 2.24) is 5.32 Å². The lowest BCUT2D eigenvalue weighted by atomic mass is 10.1. The minimum absolute atomic E-state index is 0.0604. The molecule has 0 aliphatic rings. The molecule has 0 spiro atoms. The molecule has 0 aromatic heterocycles. The van der Waals surface area contributed by atoms with Crippen LogP contribution in [0.25, 0.3) is 0 Å². The largest absolute Gasteiger partial charge is 0.392 e. The summed E-state index contributed by atoms with van der Waals surface area (Å²) in [5, 5.41) is 14.7. The minimum atomic E-state index is -1.03. The van der Waals surface area contributed by atoms with Gasteiger partial charge in [-0.2, -0.15) is 0 Å². The highest BCUT2D eigenvalue weighted by atomic mass is 32.2. The molecule has 0 aliphatic heterocycles. The molecule has 0 radical (unpaired) electrons. The summed E-state index contributed by atoms with van der Waals surface area (Å²) in [6.45, 7) is 0.273. The van der Waals surface area contributed by atoms with Gasteiger partial charge in [0.05, 0.1) is 6.61 Å². The van der Waals surface area contributed by atoms with Crippen LogP contribution in [0.4, 0.5) is 10.5 Å². The number of hydrogen-bond acceptors (Lipinski definition) is 3. The molecule has 0 aliphatic carbocycles. The van der Waals surface area contributed by atoms with Crippen LogP contribution in [-0.2, 0) is 24.0 Å². The summed E-state index contributed by atoms with van der Waals surface area (Å²) >= 11 is 0. The molecular formula is C16H18N2O3S. The summed E-state index contributed by atoms with van der Waals surface area (Å²) in [6.07, 6.45) is 1.60. The van der Waals surface area contributed by atoms with Crippen LogP contribution >= 0.6 is 0 Å². The fourth-order valence-electron chi connectivity index (χ4n) is 1.96. The van der Waals surface area contributed by atoms with E-state index in [4.69, 9.17) is 0 Å². The summed E-state index contributed by atoms with van der Waals surface area (Å²) in [5.74, 6) is 0. The number of amides is 2. The summed E-state index contributed by atoms with van der Waals surface area (Å²) in [5.41, 5.74) is 2.29. The highest BCUT2D eigenvalue weighted by molar-refractivity contribution is 7.84. The highest BCUT2D eigenvalue weighted by Gasteiger charge is 2.05. The van der Waals surface area contributed by atoms with Crippen LogP contribution < -0.4 is 10.6 Å². The average molecular weight is 318 g/mol. The topological polar surface area (TPSA) is 78.4 Å². The van der Waals surface area contributed by atoms with Gasteiger partial charge >= 0.3 is 6.03 Å². The van der Waals surface area contributed by atoms with Crippen molar-refractivity contribution in [3.05, 3.63) is 59.7 Å². The van der Waals surface area contributed by atoms with Gasteiger partial charge in [0.2, 0.25) is 0 Å². The molecule has 22 heavy (non-hydrogen) atoms. The van der Waals surface area contributed by atoms with Crippen molar-refractivity contribution in [2.75, 3.05) is 11.6 Å². The number of nitrogens with one attached hydrogen (secondary N) is 2. The zero-order valence-corrected chi connectivity index (χ0v) is 13.0. The molecule has 0 saturated heterocycles. The first-order valence-corrected chi connectivity index (χ1v) is 8.32. The zero-order valence-electron chi connectivity index (χ0n) is 12.2. The van der Waals surface area contributed by atoms with Crippen molar-refractivity contribution < 1.29 is 14.1 Å². The third-order valence-corrected chi connectivity index (χ3v) is 4.11. The molecule has 116 valence electrons. The van der Waals surface area contributed by atoms with Gasteiger partial charge in [-0.1, -0.05) is 24.3 Å². The Labute approximate surface area is 131 Å². The molecule has 2 amide bonds. The minimum Gasteiger partial charge on any atom is -0.392 e. The molecule has 1 atom stereocenters. The second kappa shape index (κ2) is 7.72. The lowest BCUT2D eigenvalue weighted by Gasteiger charge is -2.10. The first kappa shape index (κ1) is 16.2. The third kappa shape index (κ3) is 4.41. The molecule has 0 fully saturated rings. The standard InChI is InChI=1S/C16H18N2O3S/c1-22(21)15-8-6-14(7-9-15)18-16(20)17-10-12-4-2-3-5-13(12)11-19/h2-9,19H,10-11H2,1H3,(H2,17,18,20). The summed E-state index contributed by atoms with van der Waals surface area (Å²) in [6, 6.07) is 13.9. The van der Waals surface area contributed by atoms with E-state index in [2.05, 4.69) is 10.6 Å². The van der Waals surface area contributed by atoms with Crippen LogP contribution in [-0.4, -0.2) is 21.6 Å². The van der Waals surface area contributed by atoms with Gasteiger partial charge in [-0.3, -0.25) is 4.21 Å². The van der Waals surface area contributed by atoms with Crippen molar-refractivity contribution in [2.24, 2.45) is 0 Å². The van der Waals surface area contributed by atoms with E-state index >= 15 is 0 Å². The Balaban J connectivity index is 1.91. The Bertz CT molecular complexity index is 671. The summed E-state index contributed by atoms with van der Waals surface area (Å²) in [4.78, 5) is 12.6. The Hall–Kier alpha value is -2.18. The van der Waals surface area contributed by atoms with E-state index in [-0.39, 0.29) is 12.6 Å². The Morgan fingerprint density at radius 2 is 1.73 bits per heavy atom. The molecular weight excluding hydrogens is 300 g/mol. The molecule has 2 rings (SSSR count). The number of hydrogen-bond donors (Lipinski definition) is 3. The summed E-state index contributed by atoms with van der Waals surface area (Å²) in [7, 11) is -1.03. The zero-order chi connectivity index (χ0) is 15.9. The number of carbonyl (C=O) groups excluding carboxylic acids is 1. The molecule has 0 heterocycles. The molecule has 2 aromatic carbocycles. The van der Waals surface area contributed by atoms with Gasteiger partial charge in [0.1, 0.15) is 0 Å². The number of benzene rings is 2. The van der Waals surface area contributed by atoms with E-state index < -0.39 is 10.8 Å². The lowest BCUT2D eigenvalue weighted by Crippen LogP contribution is -2.28. The van der Waals surface area contributed by atoms with E-state index in [0.29, 0.717) is 17.1 Å². The fourth-order valence-corrected chi connectivity index (χ4v) is 2.48. The van der Waals surface area contributed by atoms with Crippen LogP contribution in [0.3, 0.4) is 0 Å². The average Bonchev–Trinajstić information content (AvgIpc) is 2.53.